The summed E-state index contributed by atoms with van der Waals surface area (Å²) in [5.74, 6) is 0.869. The highest BCUT2D eigenvalue weighted by molar-refractivity contribution is 5.94. The van der Waals surface area contributed by atoms with Crippen molar-refractivity contribution in [3.63, 3.8) is 0 Å². The molecule has 1 saturated carbocycles. The van der Waals surface area contributed by atoms with Crippen molar-refractivity contribution in [2.75, 3.05) is 11.9 Å². The van der Waals surface area contributed by atoms with Crippen molar-refractivity contribution < 1.29 is 14.3 Å². The van der Waals surface area contributed by atoms with Crippen molar-refractivity contribution in [3.8, 4) is 5.75 Å². The zero-order valence-corrected chi connectivity index (χ0v) is 14.5. The second-order valence-corrected chi connectivity index (χ2v) is 7.01. The van der Waals surface area contributed by atoms with Crippen molar-refractivity contribution >= 4 is 17.5 Å². The van der Waals surface area contributed by atoms with E-state index < -0.39 is 0 Å². The lowest BCUT2D eigenvalue weighted by Crippen LogP contribution is -2.49. The molecule has 0 bridgehead atoms. The molecule has 1 aromatic rings. The van der Waals surface area contributed by atoms with E-state index in [4.69, 9.17) is 4.74 Å². The molecule has 1 aromatic carbocycles. The van der Waals surface area contributed by atoms with Gasteiger partial charge in [-0.1, -0.05) is 6.07 Å². The first-order chi connectivity index (χ1) is 11.5. The topological polar surface area (TPSA) is 58.6 Å². The van der Waals surface area contributed by atoms with Crippen molar-refractivity contribution in [2.45, 2.75) is 58.0 Å². The average molecular weight is 330 g/mol. The van der Waals surface area contributed by atoms with Crippen LogP contribution < -0.4 is 10.1 Å². The highest BCUT2D eigenvalue weighted by atomic mass is 16.5. The largest absolute Gasteiger partial charge is 0.484 e. The Balaban J connectivity index is 1.55. The fraction of sp³-hybridized carbons (Fsp3) is 0.579. The van der Waals surface area contributed by atoms with Crippen LogP contribution in [0.15, 0.2) is 24.3 Å². The van der Waals surface area contributed by atoms with Crippen LogP contribution in [0.2, 0.25) is 0 Å². The molecule has 2 aliphatic rings. The molecule has 2 atom stereocenters. The second kappa shape index (κ2) is 7.24. The van der Waals surface area contributed by atoms with Crippen LogP contribution >= 0.6 is 0 Å². The van der Waals surface area contributed by atoms with Crippen LogP contribution in [0.1, 0.15) is 46.0 Å². The van der Waals surface area contributed by atoms with Gasteiger partial charge in [-0.3, -0.25) is 9.59 Å². The summed E-state index contributed by atoms with van der Waals surface area (Å²) in [5.41, 5.74) is 0.719. The first-order valence-electron chi connectivity index (χ1n) is 8.89. The summed E-state index contributed by atoms with van der Waals surface area (Å²) in [6.07, 6.45) is 5.23. The number of nitrogens with one attached hydrogen (secondary N) is 1. The predicted octanol–water partition coefficient (Wildman–Crippen LogP) is 3.20. The van der Waals surface area contributed by atoms with Gasteiger partial charge in [0, 0.05) is 29.8 Å². The maximum absolute atomic E-state index is 12.5. The van der Waals surface area contributed by atoms with Crippen molar-refractivity contribution in [1.29, 1.82) is 0 Å². The number of likely N-dealkylation sites (tertiary alicyclic amines) is 1. The number of hydrogen-bond donors (Lipinski definition) is 1. The van der Waals surface area contributed by atoms with Gasteiger partial charge in [0.05, 0.1) is 0 Å². The number of ether oxygens (including phenoxy) is 1. The molecule has 0 aromatic heterocycles. The lowest BCUT2D eigenvalue weighted by atomic mass is 9.97. The summed E-state index contributed by atoms with van der Waals surface area (Å²) in [4.78, 5) is 26.2. The summed E-state index contributed by atoms with van der Waals surface area (Å²) in [6.45, 7) is 4.23. The molecule has 2 fully saturated rings. The monoisotopic (exact) mass is 330 g/mol. The molecule has 1 heterocycles. The number of nitrogens with zero attached hydrogens (tertiary/aromatic N) is 1. The molecule has 5 nitrogen and oxygen atoms in total. The molecule has 2 unspecified atom stereocenters. The minimum Gasteiger partial charge on any atom is -0.484 e. The minimum atomic E-state index is 0.0297. The van der Waals surface area contributed by atoms with Gasteiger partial charge in [0.15, 0.2) is 6.61 Å². The third kappa shape index (κ3) is 4.08. The molecular weight excluding hydrogens is 304 g/mol. The molecule has 2 amide bonds. The smallest absolute Gasteiger partial charge is 0.260 e. The average Bonchev–Trinajstić information content (AvgIpc) is 3.38. The van der Waals surface area contributed by atoms with E-state index in [1.165, 1.54) is 6.42 Å². The Hall–Kier alpha value is -2.04. The van der Waals surface area contributed by atoms with Gasteiger partial charge in [-0.05, 0) is 58.1 Å². The molecule has 24 heavy (non-hydrogen) atoms. The van der Waals surface area contributed by atoms with Crippen LogP contribution in [-0.2, 0) is 9.59 Å². The zero-order chi connectivity index (χ0) is 17.1. The molecule has 130 valence electrons. The third-order valence-corrected chi connectivity index (χ3v) is 4.89. The number of carbonyl (C=O) groups excluding carboxylic acids is 2. The van der Waals surface area contributed by atoms with Gasteiger partial charge in [0.1, 0.15) is 5.75 Å². The summed E-state index contributed by atoms with van der Waals surface area (Å²) < 4.78 is 5.67. The maximum Gasteiger partial charge on any atom is 0.260 e. The molecule has 5 heteroatoms. The quantitative estimate of drug-likeness (QED) is 0.902. The Morgan fingerprint density at radius 2 is 1.88 bits per heavy atom. The van der Waals surface area contributed by atoms with Gasteiger partial charge in [0.2, 0.25) is 5.91 Å². The standard InChI is InChI=1S/C19H26N2O3/c1-13-5-3-6-14(2)21(13)18(22)12-24-17-8-4-7-16(11-17)20-19(23)15-9-10-15/h4,7-8,11,13-15H,3,5-6,9-10,12H2,1-2H3,(H,20,23). The molecule has 3 rings (SSSR count). The van der Waals surface area contributed by atoms with Gasteiger partial charge < -0.3 is 15.0 Å². The van der Waals surface area contributed by atoms with Gasteiger partial charge in [-0.15, -0.1) is 0 Å². The number of carbonyl (C=O) groups is 2. The van der Waals surface area contributed by atoms with Crippen molar-refractivity contribution in [1.82, 2.24) is 4.90 Å². The molecule has 1 saturated heterocycles. The first-order valence-corrected chi connectivity index (χ1v) is 8.89. The molecule has 1 N–H and O–H groups in total. The van der Waals surface area contributed by atoms with Crippen LogP contribution in [0.3, 0.4) is 0 Å². The zero-order valence-electron chi connectivity index (χ0n) is 14.5. The Morgan fingerprint density at radius 3 is 2.54 bits per heavy atom. The van der Waals surface area contributed by atoms with Gasteiger partial charge in [-0.25, -0.2) is 0 Å². The van der Waals surface area contributed by atoms with Crippen LogP contribution in [0.4, 0.5) is 5.69 Å². The Morgan fingerprint density at radius 1 is 1.17 bits per heavy atom. The van der Waals surface area contributed by atoms with Gasteiger partial charge >= 0.3 is 0 Å². The Kier molecular flexibility index (Phi) is 5.07. The lowest BCUT2D eigenvalue weighted by Gasteiger charge is -2.38. The van der Waals surface area contributed by atoms with E-state index in [-0.39, 0.29) is 36.4 Å². The van der Waals surface area contributed by atoms with E-state index in [0.717, 1.165) is 31.4 Å². The minimum absolute atomic E-state index is 0.0297. The summed E-state index contributed by atoms with van der Waals surface area (Å²) in [7, 11) is 0. The van der Waals surface area contributed by atoms with E-state index >= 15 is 0 Å². The summed E-state index contributed by atoms with van der Waals surface area (Å²) in [5, 5.41) is 2.90. The van der Waals surface area contributed by atoms with Crippen LogP contribution in [0.25, 0.3) is 0 Å². The number of piperidine rings is 1. The molecule has 0 spiro atoms. The molecular formula is C19H26N2O3. The van der Waals surface area contributed by atoms with Gasteiger partial charge in [0.25, 0.3) is 5.91 Å². The highest BCUT2D eigenvalue weighted by Crippen LogP contribution is 2.30. The number of benzene rings is 1. The molecule has 1 aliphatic carbocycles. The second-order valence-electron chi connectivity index (χ2n) is 7.01. The van der Waals surface area contributed by atoms with Crippen LogP contribution in [-0.4, -0.2) is 35.4 Å². The molecule has 0 radical (unpaired) electrons. The number of rotatable bonds is 5. The van der Waals surface area contributed by atoms with Crippen LogP contribution in [0.5, 0.6) is 5.75 Å². The fourth-order valence-electron chi connectivity index (χ4n) is 3.39. The lowest BCUT2D eigenvalue weighted by molar-refractivity contribution is -0.139. The SMILES string of the molecule is CC1CCCC(C)N1C(=O)COc1cccc(NC(=O)C2CC2)c1. The third-order valence-electron chi connectivity index (χ3n) is 4.89. The van der Waals surface area contributed by atoms with E-state index in [1.54, 1.807) is 6.07 Å². The number of amides is 2. The normalized spacial score (nSPS) is 23.7. The van der Waals surface area contributed by atoms with Gasteiger partial charge in [-0.2, -0.15) is 0 Å². The Bertz CT molecular complexity index is 602. The highest BCUT2D eigenvalue weighted by Gasteiger charge is 2.30. The van der Waals surface area contributed by atoms with E-state index in [2.05, 4.69) is 19.2 Å². The van der Waals surface area contributed by atoms with Crippen LogP contribution in [0, 0.1) is 5.92 Å². The molecule has 1 aliphatic heterocycles. The number of anilines is 1. The summed E-state index contributed by atoms with van der Waals surface area (Å²) >= 11 is 0. The van der Waals surface area contributed by atoms with Crippen molar-refractivity contribution in [2.24, 2.45) is 5.92 Å². The van der Waals surface area contributed by atoms with E-state index in [9.17, 15) is 9.59 Å². The fourth-order valence-corrected chi connectivity index (χ4v) is 3.39. The number of hydrogen-bond acceptors (Lipinski definition) is 3. The van der Waals surface area contributed by atoms with Crippen molar-refractivity contribution in [3.05, 3.63) is 24.3 Å². The van der Waals surface area contributed by atoms with E-state index in [1.807, 2.05) is 23.1 Å². The van der Waals surface area contributed by atoms with E-state index in [0.29, 0.717) is 5.75 Å². The maximum atomic E-state index is 12.5. The predicted molar refractivity (Wildman–Crippen MR) is 92.9 cm³/mol. The Labute approximate surface area is 143 Å². The first kappa shape index (κ1) is 16.8. The summed E-state index contributed by atoms with van der Waals surface area (Å²) in [6, 6.07) is 7.79.